The highest BCUT2D eigenvalue weighted by Gasteiger charge is 2.24. The minimum absolute atomic E-state index is 0.0263. The van der Waals surface area contributed by atoms with E-state index in [0.717, 1.165) is 0 Å². The summed E-state index contributed by atoms with van der Waals surface area (Å²) in [6.07, 6.45) is 0. The molecule has 1 atom stereocenters. The second kappa shape index (κ2) is 7.84. The molecule has 0 spiro atoms. The van der Waals surface area contributed by atoms with E-state index in [1.54, 1.807) is 17.5 Å². The van der Waals surface area contributed by atoms with Crippen LogP contribution < -0.4 is 10.6 Å². The standard InChI is InChI=1S/C16H18N4O4S/c1-9(2)14(17-10(3)21)15(22)19-16-18-13(8-25-16)11-5-4-6-12(7-11)20(23)24/h4-9,14H,1-3H3,(H,17,21)(H,18,19,22). The molecule has 0 aliphatic rings. The van der Waals surface area contributed by atoms with Crippen LogP contribution in [0.15, 0.2) is 29.6 Å². The molecule has 0 saturated carbocycles. The van der Waals surface area contributed by atoms with Gasteiger partial charge in [0.25, 0.3) is 5.69 Å². The van der Waals surface area contributed by atoms with Crippen LogP contribution in [-0.2, 0) is 9.59 Å². The van der Waals surface area contributed by atoms with Crippen molar-refractivity contribution in [3.63, 3.8) is 0 Å². The van der Waals surface area contributed by atoms with Gasteiger partial charge in [0.05, 0.1) is 10.6 Å². The fourth-order valence-electron chi connectivity index (χ4n) is 2.18. The second-order valence-corrected chi connectivity index (χ2v) is 6.61. The van der Waals surface area contributed by atoms with Gasteiger partial charge in [0.15, 0.2) is 5.13 Å². The summed E-state index contributed by atoms with van der Waals surface area (Å²) in [5, 5.41) is 18.2. The number of anilines is 1. The molecule has 132 valence electrons. The first kappa shape index (κ1) is 18.5. The van der Waals surface area contributed by atoms with Gasteiger partial charge in [-0.05, 0) is 5.92 Å². The van der Waals surface area contributed by atoms with Gasteiger partial charge in [-0.15, -0.1) is 11.3 Å². The molecule has 0 saturated heterocycles. The molecule has 2 rings (SSSR count). The predicted molar refractivity (Wildman–Crippen MR) is 95.3 cm³/mol. The van der Waals surface area contributed by atoms with Gasteiger partial charge < -0.3 is 10.6 Å². The van der Waals surface area contributed by atoms with E-state index in [-0.39, 0.29) is 23.4 Å². The molecule has 0 bridgehead atoms. The molecule has 1 unspecified atom stereocenters. The summed E-state index contributed by atoms with van der Waals surface area (Å²) in [4.78, 5) is 38.2. The van der Waals surface area contributed by atoms with Crippen LogP contribution in [0.3, 0.4) is 0 Å². The zero-order valence-corrected chi connectivity index (χ0v) is 14.8. The molecule has 2 amide bonds. The number of nitro groups is 1. The average molecular weight is 362 g/mol. The Kier molecular flexibility index (Phi) is 5.81. The number of rotatable bonds is 6. The number of aromatic nitrogens is 1. The van der Waals surface area contributed by atoms with Gasteiger partial charge in [-0.1, -0.05) is 26.0 Å². The molecule has 25 heavy (non-hydrogen) atoms. The van der Waals surface area contributed by atoms with Crippen LogP contribution in [0.1, 0.15) is 20.8 Å². The highest BCUT2D eigenvalue weighted by Crippen LogP contribution is 2.27. The summed E-state index contributed by atoms with van der Waals surface area (Å²) in [6.45, 7) is 5.01. The number of amides is 2. The van der Waals surface area contributed by atoms with Gasteiger partial charge in [0, 0.05) is 30.0 Å². The lowest BCUT2D eigenvalue weighted by atomic mass is 10.0. The number of carbonyl (C=O) groups excluding carboxylic acids is 2. The lowest BCUT2D eigenvalue weighted by Gasteiger charge is -2.20. The maximum Gasteiger partial charge on any atom is 0.270 e. The van der Waals surface area contributed by atoms with Crippen LogP contribution in [0, 0.1) is 16.0 Å². The van der Waals surface area contributed by atoms with Crippen molar-refractivity contribution < 1.29 is 14.5 Å². The Morgan fingerprint density at radius 2 is 2.04 bits per heavy atom. The van der Waals surface area contributed by atoms with Crippen molar-refractivity contribution in [3.8, 4) is 11.3 Å². The van der Waals surface area contributed by atoms with E-state index >= 15 is 0 Å². The number of nitrogens with one attached hydrogen (secondary N) is 2. The minimum Gasteiger partial charge on any atom is -0.344 e. The third kappa shape index (κ3) is 4.83. The highest BCUT2D eigenvalue weighted by molar-refractivity contribution is 7.14. The summed E-state index contributed by atoms with van der Waals surface area (Å²) >= 11 is 1.21. The van der Waals surface area contributed by atoms with Crippen LogP contribution in [0.4, 0.5) is 10.8 Å². The Morgan fingerprint density at radius 3 is 2.64 bits per heavy atom. The zero-order chi connectivity index (χ0) is 18.6. The van der Waals surface area contributed by atoms with E-state index in [4.69, 9.17) is 0 Å². The van der Waals surface area contributed by atoms with Gasteiger partial charge in [0.2, 0.25) is 11.8 Å². The number of benzene rings is 1. The van der Waals surface area contributed by atoms with Crippen LogP contribution in [0.25, 0.3) is 11.3 Å². The third-order valence-corrected chi connectivity index (χ3v) is 4.15. The molecule has 1 heterocycles. The molecule has 8 nitrogen and oxygen atoms in total. The van der Waals surface area contributed by atoms with Gasteiger partial charge in [0.1, 0.15) is 6.04 Å². The van der Waals surface area contributed by atoms with E-state index in [9.17, 15) is 19.7 Å². The first-order valence-electron chi connectivity index (χ1n) is 7.56. The quantitative estimate of drug-likeness (QED) is 0.606. The normalized spacial score (nSPS) is 11.8. The first-order chi connectivity index (χ1) is 11.8. The monoisotopic (exact) mass is 362 g/mol. The predicted octanol–water partition coefficient (Wildman–Crippen LogP) is 2.82. The van der Waals surface area contributed by atoms with E-state index in [1.807, 2.05) is 13.8 Å². The Balaban J connectivity index is 2.15. The molecule has 2 N–H and O–H groups in total. The van der Waals surface area contributed by atoms with E-state index in [1.165, 1.54) is 30.4 Å². The van der Waals surface area contributed by atoms with E-state index < -0.39 is 11.0 Å². The fraction of sp³-hybridized carbons (Fsp3) is 0.312. The van der Waals surface area contributed by atoms with Gasteiger partial charge in [-0.25, -0.2) is 4.98 Å². The van der Waals surface area contributed by atoms with Crippen molar-refractivity contribution in [1.29, 1.82) is 0 Å². The Morgan fingerprint density at radius 1 is 1.32 bits per heavy atom. The largest absolute Gasteiger partial charge is 0.344 e. The van der Waals surface area contributed by atoms with Crippen molar-refractivity contribution in [2.75, 3.05) is 5.32 Å². The SMILES string of the molecule is CC(=O)NC(C(=O)Nc1nc(-c2cccc([N+](=O)[O-])c2)cs1)C(C)C. The smallest absolute Gasteiger partial charge is 0.270 e. The van der Waals surface area contributed by atoms with Crippen molar-refractivity contribution in [3.05, 3.63) is 39.8 Å². The highest BCUT2D eigenvalue weighted by atomic mass is 32.1. The van der Waals surface area contributed by atoms with Crippen molar-refractivity contribution in [2.24, 2.45) is 5.92 Å². The number of hydrogen-bond acceptors (Lipinski definition) is 6. The molecule has 0 fully saturated rings. The summed E-state index contributed by atoms with van der Waals surface area (Å²) in [5.74, 6) is -0.726. The molecular weight excluding hydrogens is 344 g/mol. The number of carbonyl (C=O) groups is 2. The number of nitrogens with zero attached hydrogens (tertiary/aromatic N) is 2. The van der Waals surface area contributed by atoms with Crippen molar-refractivity contribution in [1.82, 2.24) is 10.3 Å². The lowest BCUT2D eigenvalue weighted by Crippen LogP contribution is -2.46. The van der Waals surface area contributed by atoms with Gasteiger partial charge >= 0.3 is 0 Å². The molecule has 1 aromatic heterocycles. The maximum atomic E-state index is 12.3. The Hall–Kier alpha value is -2.81. The number of thiazole rings is 1. The summed E-state index contributed by atoms with van der Waals surface area (Å²) in [5.41, 5.74) is 1.10. The molecule has 9 heteroatoms. The fourth-order valence-corrected chi connectivity index (χ4v) is 2.90. The summed E-state index contributed by atoms with van der Waals surface area (Å²) < 4.78 is 0. The molecule has 1 aromatic carbocycles. The Bertz CT molecular complexity index is 803. The molecule has 2 aromatic rings. The second-order valence-electron chi connectivity index (χ2n) is 5.76. The van der Waals surface area contributed by atoms with Crippen molar-refractivity contribution in [2.45, 2.75) is 26.8 Å². The summed E-state index contributed by atoms with van der Waals surface area (Å²) in [6, 6.07) is 5.45. The zero-order valence-electron chi connectivity index (χ0n) is 14.0. The number of hydrogen-bond donors (Lipinski definition) is 2. The summed E-state index contributed by atoms with van der Waals surface area (Å²) in [7, 11) is 0. The number of non-ortho nitro benzene ring substituents is 1. The van der Waals surface area contributed by atoms with Crippen LogP contribution in [-0.4, -0.2) is 27.8 Å². The topological polar surface area (TPSA) is 114 Å². The van der Waals surface area contributed by atoms with Crippen LogP contribution >= 0.6 is 11.3 Å². The average Bonchev–Trinajstić information content (AvgIpc) is 3.00. The van der Waals surface area contributed by atoms with Gasteiger partial charge in [-0.3, -0.25) is 19.7 Å². The molecule has 0 radical (unpaired) electrons. The molecule has 0 aliphatic carbocycles. The maximum absolute atomic E-state index is 12.3. The first-order valence-corrected chi connectivity index (χ1v) is 8.44. The number of nitro benzene ring substituents is 1. The minimum atomic E-state index is -0.664. The molecule has 0 aliphatic heterocycles. The van der Waals surface area contributed by atoms with E-state index in [2.05, 4.69) is 15.6 Å². The Labute approximate surface area is 148 Å². The van der Waals surface area contributed by atoms with E-state index in [0.29, 0.717) is 16.4 Å². The lowest BCUT2D eigenvalue weighted by molar-refractivity contribution is -0.384. The van der Waals surface area contributed by atoms with Crippen molar-refractivity contribution >= 4 is 34.0 Å². The van der Waals surface area contributed by atoms with Crippen LogP contribution in [0.5, 0.6) is 0 Å². The van der Waals surface area contributed by atoms with Gasteiger partial charge in [-0.2, -0.15) is 0 Å². The van der Waals surface area contributed by atoms with Crippen LogP contribution in [0.2, 0.25) is 0 Å². The molecular formula is C16H18N4O4S. The third-order valence-electron chi connectivity index (χ3n) is 3.39.